The molecule has 0 unspecified atom stereocenters. The van der Waals surface area contributed by atoms with Crippen LogP contribution in [0.2, 0.25) is 10.0 Å². The van der Waals surface area contributed by atoms with Gasteiger partial charge < -0.3 is 10.6 Å². The number of hydrogen-bond acceptors (Lipinski definition) is 5. The number of halogens is 2. The molecule has 1 aromatic heterocycles. The van der Waals surface area contributed by atoms with Gasteiger partial charge in [-0.05, 0) is 50.2 Å². The van der Waals surface area contributed by atoms with E-state index < -0.39 is 0 Å². The maximum Gasteiger partial charge on any atom is 0.257 e. The Hall–Kier alpha value is -2.84. The van der Waals surface area contributed by atoms with Crippen LogP contribution in [0.4, 0.5) is 10.8 Å². The van der Waals surface area contributed by atoms with Crippen LogP contribution in [0.25, 0.3) is 11.3 Å². The van der Waals surface area contributed by atoms with Crippen LogP contribution in [0.3, 0.4) is 0 Å². The molecule has 0 aliphatic heterocycles. The van der Waals surface area contributed by atoms with Crippen molar-refractivity contribution in [2.24, 2.45) is 0 Å². The summed E-state index contributed by atoms with van der Waals surface area (Å²) in [5.74, 6) is -0.282. The Kier molecular flexibility index (Phi) is 8.13. The first-order valence-corrected chi connectivity index (χ1v) is 13.2. The lowest BCUT2D eigenvalue weighted by Gasteiger charge is -2.09. The van der Waals surface area contributed by atoms with Gasteiger partial charge in [-0.15, -0.1) is 23.1 Å². The van der Waals surface area contributed by atoms with Gasteiger partial charge in [0.25, 0.3) is 5.91 Å². The van der Waals surface area contributed by atoms with Gasteiger partial charge in [0.15, 0.2) is 5.13 Å². The molecular formula is C26H21Cl2N3O2S2. The molecule has 1 heterocycles. The molecule has 0 aliphatic rings. The molecule has 0 radical (unpaired) electrons. The summed E-state index contributed by atoms with van der Waals surface area (Å²) in [5.41, 5.74) is 4.02. The van der Waals surface area contributed by atoms with E-state index in [4.69, 9.17) is 23.2 Å². The second-order valence-corrected chi connectivity index (χ2v) is 10.8. The Morgan fingerprint density at radius 1 is 0.971 bits per heavy atom. The summed E-state index contributed by atoms with van der Waals surface area (Å²) in [4.78, 5) is 31.6. The van der Waals surface area contributed by atoms with Gasteiger partial charge in [0, 0.05) is 26.0 Å². The van der Waals surface area contributed by atoms with Crippen molar-refractivity contribution in [1.29, 1.82) is 0 Å². The topological polar surface area (TPSA) is 71.1 Å². The normalized spacial score (nSPS) is 10.7. The number of thiazole rings is 1. The number of hydrogen-bond donors (Lipinski definition) is 2. The molecule has 0 aliphatic carbocycles. The van der Waals surface area contributed by atoms with E-state index in [0.29, 0.717) is 21.4 Å². The fraction of sp³-hybridized carbons (Fsp3) is 0.115. The summed E-state index contributed by atoms with van der Waals surface area (Å²) < 4.78 is 0. The summed E-state index contributed by atoms with van der Waals surface area (Å²) in [7, 11) is 0. The Balaban J connectivity index is 1.35. The molecule has 4 rings (SSSR count). The fourth-order valence-electron chi connectivity index (χ4n) is 3.27. The van der Waals surface area contributed by atoms with Crippen molar-refractivity contribution in [2.75, 3.05) is 16.4 Å². The number of nitrogens with zero attached hydrogens (tertiary/aromatic N) is 1. The van der Waals surface area contributed by atoms with E-state index in [-0.39, 0.29) is 22.6 Å². The molecule has 0 saturated carbocycles. The smallest absolute Gasteiger partial charge is 0.257 e. The molecule has 5 nitrogen and oxygen atoms in total. The second-order valence-electron chi connectivity index (χ2n) is 7.73. The van der Waals surface area contributed by atoms with Gasteiger partial charge in [-0.2, -0.15) is 0 Å². The summed E-state index contributed by atoms with van der Waals surface area (Å²) in [6.45, 7) is 4.04. The van der Waals surface area contributed by atoms with Crippen LogP contribution in [0.1, 0.15) is 20.8 Å². The Labute approximate surface area is 221 Å². The number of anilines is 2. The molecule has 0 saturated heterocycles. The Morgan fingerprint density at radius 2 is 1.74 bits per heavy atom. The van der Waals surface area contributed by atoms with E-state index in [1.165, 1.54) is 34.7 Å². The van der Waals surface area contributed by atoms with E-state index in [1.54, 1.807) is 18.2 Å². The van der Waals surface area contributed by atoms with Crippen LogP contribution < -0.4 is 10.6 Å². The van der Waals surface area contributed by atoms with Crippen LogP contribution in [0.5, 0.6) is 0 Å². The number of carbonyl (C=O) groups excluding carboxylic acids is 2. The first-order valence-electron chi connectivity index (χ1n) is 10.6. The molecule has 0 bridgehead atoms. The predicted octanol–water partition coefficient (Wildman–Crippen LogP) is 7.72. The Morgan fingerprint density at radius 3 is 2.49 bits per heavy atom. The number of carbonyl (C=O) groups is 2. The van der Waals surface area contributed by atoms with Crippen LogP contribution in [-0.2, 0) is 4.79 Å². The molecule has 0 fully saturated rings. The van der Waals surface area contributed by atoms with Gasteiger partial charge in [-0.3, -0.25) is 9.59 Å². The molecule has 4 aromatic rings. The maximum absolute atomic E-state index is 12.6. The molecule has 0 atom stereocenters. The number of benzene rings is 3. The minimum Gasteiger partial charge on any atom is -0.322 e. The number of aromatic nitrogens is 1. The summed E-state index contributed by atoms with van der Waals surface area (Å²) in [5, 5.41) is 7.02. The van der Waals surface area contributed by atoms with Gasteiger partial charge >= 0.3 is 0 Å². The van der Waals surface area contributed by atoms with E-state index >= 15 is 0 Å². The molecule has 2 N–H and O–H groups in total. The number of nitrogens with one attached hydrogen (secondary N) is 2. The van der Waals surface area contributed by atoms with Gasteiger partial charge in [-0.1, -0.05) is 59.1 Å². The third-order valence-corrected chi connectivity index (χ3v) is 7.43. The number of amides is 2. The van der Waals surface area contributed by atoms with Crippen molar-refractivity contribution < 1.29 is 9.59 Å². The molecule has 0 spiro atoms. The molecule has 9 heteroatoms. The van der Waals surface area contributed by atoms with Crippen molar-refractivity contribution >= 4 is 68.9 Å². The SMILES string of the molecule is Cc1ccc(-c2nc(NC(=O)CSc3cccc(NC(=O)c4ccc(Cl)cc4Cl)c3)sc2C)cc1. The monoisotopic (exact) mass is 541 g/mol. The van der Waals surface area contributed by atoms with E-state index in [2.05, 4.69) is 15.6 Å². The average Bonchev–Trinajstić information content (AvgIpc) is 3.18. The van der Waals surface area contributed by atoms with Crippen LogP contribution >= 0.6 is 46.3 Å². The summed E-state index contributed by atoms with van der Waals surface area (Å²) >= 11 is 14.9. The zero-order valence-corrected chi connectivity index (χ0v) is 22.0. The molecular weight excluding hydrogens is 521 g/mol. The highest BCUT2D eigenvalue weighted by atomic mass is 35.5. The fourth-order valence-corrected chi connectivity index (χ4v) is 5.37. The van der Waals surface area contributed by atoms with E-state index in [9.17, 15) is 9.59 Å². The van der Waals surface area contributed by atoms with Crippen molar-refractivity contribution in [3.05, 3.63) is 92.8 Å². The third kappa shape index (κ3) is 6.64. The van der Waals surface area contributed by atoms with Crippen molar-refractivity contribution in [1.82, 2.24) is 4.98 Å². The van der Waals surface area contributed by atoms with Gasteiger partial charge in [0.2, 0.25) is 5.91 Å². The first kappa shape index (κ1) is 25.3. The van der Waals surface area contributed by atoms with Crippen molar-refractivity contribution in [2.45, 2.75) is 18.7 Å². The largest absolute Gasteiger partial charge is 0.322 e. The minimum absolute atomic E-state index is 0.151. The lowest BCUT2D eigenvalue weighted by atomic mass is 10.1. The third-order valence-electron chi connectivity index (χ3n) is 5.01. The van der Waals surface area contributed by atoms with Crippen LogP contribution in [0.15, 0.2) is 71.6 Å². The maximum atomic E-state index is 12.6. The molecule has 35 heavy (non-hydrogen) atoms. The van der Waals surface area contributed by atoms with Crippen LogP contribution in [0, 0.1) is 13.8 Å². The standard InChI is InChI=1S/C26H21Cl2N3O2S2/c1-15-6-8-17(9-7-15)24-16(2)35-26(31-24)30-23(32)14-34-20-5-3-4-19(13-20)29-25(33)21-11-10-18(27)12-22(21)28/h3-13H,14H2,1-2H3,(H,29,33)(H,30,31,32). The molecule has 3 aromatic carbocycles. The van der Waals surface area contributed by atoms with Gasteiger partial charge in [0.05, 0.1) is 22.0 Å². The average molecular weight is 543 g/mol. The lowest BCUT2D eigenvalue weighted by molar-refractivity contribution is -0.113. The summed E-state index contributed by atoms with van der Waals surface area (Å²) in [6.07, 6.45) is 0. The number of rotatable bonds is 7. The minimum atomic E-state index is -0.338. The zero-order chi connectivity index (χ0) is 24.9. The first-order chi connectivity index (χ1) is 16.8. The predicted molar refractivity (Wildman–Crippen MR) is 147 cm³/mol. The second kappa shape index (κ2) is 11.3. The van der Waals surface area contributed by atoms with Crippen molar-refractivity contribution in [3.8, 4) is 11.3 Å². The quantitative estimate of drug-likeness (QED) is 0.235. The molecule has 2 amide bonds. The summed E-state index contributed by atoms with van der Waals surface area (Å²) in [6, 6.07) is 20.2. The van der Waals surface area contributed by atoms with Gasteiger partial charge in [-0.25, -0.2) is 4.98 Å². The van der Waals surface area contributed by atoms with Gasteiger partial charge in [0.1, 0.15) is 0 Å². The van der Waals surface area contributed by atoms with Crippen molar-refractivity contribution in [3.63, 3.8) is 0 Å². The van der Waals surface area contributed by atoms with E-state index in [0.717, 1.165) is 21.0 Å². The number of thioether (sulfide) groups is 1. The van der Waals surface area contributed by atoms with E-state index in [1.807, 2.05) is 56.3 Å². The highest BCUT2D eigenvalue weighted by molar-refractivity contribution is 8.00. The highest BCUT2D eigenvalue weighted by Crippen LogP contribution is 2.31. The van der Waals surface area contributed by atoms with Crippen LogP contribution in [-0.4, -0.2) is 22.6 Å². The Bertz CT molecular complexity index is 1390. The molecule has 178 valence electrons. The highest BCUT2D eigenvalue weighted by Gasteiger charge is 2.14. The zero-order valence-electron chi connectivity index (χ0n) is 18.9. The number of aryl methyl sites for hydroxylation is 2. The lowest BCUT2D eigenvalue weighted by Crippen LogP contribution is -2.14.